The van der Waals surface area contributed by atoms with Gasteiger partial charge in [0, 0.05) is 28.8 Å². The maximum absolute atomic E-state index is 6.32. The molecule has 0 unspecified atom stereocenters. The Bertz CT molecular complexity index is 912. The van der Waals surface area contributed by atoms with Gasteiger partial charge >= 0.3 is 0 Å². The van der Waals surface area contributed by atoms with Crippen LogP contribution in [0.1, 0.15) is 31.5 Å². The van der Waals surface area contributed by atoms with Gasteiger partial charge in [-0.25, -0.2) is 0 Å². The highest BCUT2D eigenvalue weighted by Crippen LogP contribution is 2.23. The molecule has 0 atom stereocenters. The van der Waals surface area contributed by atoms with E-state index in [1.54, 1.807) is 10.9 Å². The van der Waals surface area contributed by atoms with Crippen LogP contribution in [0.15, 0.2) is 48.5 Å². The minimum Gasteiger partial charge on any atom is -0.379 e. The molecule has 0 saturated heterocycles. The highest BCUT2D eigenvalue weighted by molar-refractivity contribution is 6.35. The molecule has 2 aromatic carbocycles. The van der Waals surface area contributed by atoms with E-state index in [-0.39, 0.29) is 6.10 Å². The van der Waals surface area contributed by atoms with Crippen molar-refractivity contribution in [2.24, 2.45) is 0 Å². The summed E-state index contributed by atoms with van der Waals surface area (Å²) in [5, 5.41) is 14.1. The first kappa shape index (κ1) is 21.8. The van der Waals surface area contributed by atoms with Gasteiger partial charge in [0.1, 0.15) is 11.4 Å². The van der Waals surface area contributed by atoms with E-state index < -0.39 is 0 Å². The molecule has 1 heterocycles. The molecule has 0 aliphatic carbocycles. The molecule has 154 valence electrons. The van der Waals surface area contributed by atoms with Crippen LogP contribution in [-0.2, 0) is 17.8 Å². The van der Waals surface area contributed by atoms with E-state index in [2.05, 4.69) is 5.32 Å². The topological polar surface area (TPSA) is 52.0 Å². The lowest BCUT2D eigenvalue weighted by Crippen LogP contribution is -2.18. The zero-order chi connectivity index (χ0) is 20.6. The van der Waals surface area contributed by atoms with Gasteiger partial charge in [0.25, 0.3) is 0 Å². The van der Waals surface area contributed by atoms with Crippen LogP contribution in [0, 0.1) is 0 Å². The summed E-state index contributed by atoms with van der Waals surface area (Å²) in [4.78, 5) is 1.69. The van der Waals surface area contributed by atoms with E-state index in [0.29, 0.717) is 23.1 Å². The van der Waals surface area contributed by atoms with Crippen molar-refractivity contribution in [1.29, 1.82) is 0 Å². The summed E-state index contributed by atoms with van der Waals surface area (Å²) < 4.78 is 5.58. The van der Waals surface area contributed by atoms with Crippen molar-refractivity contribution in [3.05, 3.63) is 69.8 Å². The van der Waals surface area contributed by atoms with Crippen LogP contribution in [0.5, 0.6) is 0 Å². The molecule has 1 aromatic heterocycles. The Hall–Kier alpha value is -1.92. The van der Waals surface area contributed by atoms with Gasteiger partial charge < -0.3 is 10.1 Å². The molecule has 0 spiro atoms. The van der Waals surface area contributed by atoms with Crippen molar-refractivity contribution in [1.82, 2.24) is 20.3 Å². The molecule has 0 aliphatic rings. The number of hydrogen-bond acceptors (Lipinski definition) is 4. The first-order valence-electron chi connectivity index (χ1n) is 9.78. The standard InChI is InChI=1S/C22H26Cl2N4O/c1-16(2)29-12-6-11-25-14-21-22(17-7-4-3-5-8-17)27-28(26-21)15-18-9-10-19(23)13-20(18)24/h3-5,7-10,13,16,25H,6,11-12,14-15H2,1-2H3. The Morgan fingerprint density at radius 1 is 1.07 bits per heavy atom. The van der Waals surface area contributed by atoms with Crippen molar-refractivity contribution in [2.75, 3.05) is 13.2 Å². The van der Waals surface area contributed by atoms with E-state index in [1.165, 1.54) is 0 Å². The first-order chi connectivity index (χ1) is 14.0. The summed E-state index contributed by atoms with van der Waals surface area (Å²) in [6.07, 6.45) is 1.21. The summed E-state index contributed by atoms with van der Waals surface area (Å²) in [6.45, 7) is 6.82. The molecule has 1 N–H and O–H groups in total. The Kier molecular flexibility index (Phi) is 8.07. The van der Waals surface area contributed by atoms with Gasteiger partial charge in [0.15, 0.2) is 0 Å². The summed E-state index contributed by atoms with van der Waals surface area (Å²) in [5.41, 5.74) is 3.75. The maximum Gasteiger partial charge on any atom is 0.117 e. The highest BCUT2D eigenvalue weighted by Gasteiger charge is 2.14. The third kappa shape index (κ3) is 6.54. The predicted molar refractivity (Wildman–Crippen MR) is 118 cm³/mol. The molecule has 0 bridgehead atoms. The second-order valence-electron chi connectivity index (χ2n) is 7.08. The average Bonchev–Trinajstić information content (AvgIpc) is 3.10. The number of rotatable bonds is 10. The van der Waals surface area contributed by atoms with Gasteiger partial charge in [-0.05, 0) is 44.5 Å². The summed E-state index contributed by atoms with van der Waals surface area (Å²) in [6, 6.07) is 15.6. The monoisotopic (exact) mass is 432 g/mol. The second-order valence-corrected chi connectivity index (χ2v) is 7.92. The molecule has 0 amide bonds. The molecule has 0 aliphatic heterocycles. The zero-order valence-electron chi connectivity index (χ0n) is 16.7. The highest BCUT2D eigenvalue weighted by atomic mass is 35.5. The lowest BCUT2D eigenvalue weighted by Gasteiger charge is -2.07. The van der Waals surface area contributed by atoms with Gasteiger partial charge in [-0.1, -0.05) is 59.6 Å². The van der Waals surface area contributed by atoms with E-state index in [4.69, 9.17) is 38.1 Å². The van der Waals surface area contributed by atoms with Gasteiger partial charge in [-0.3, -0.25) is 0 Å². The Labute approximate surface area is 182 Å². The molecule has 29 heavy (non-hydrogen) atoms. The largest absolute Gasteiger partial charge is 0.379 e. The number of ether oxygens (including phenoxy) is 1. The van der Waals surface area contributed by atoms with Crippen molar-refractivity contribution < 1.29 is 4.74 Å². The Morgan fingerprint density at radius 2 is 1.86 bits per heavy atom. The second kappa shape index (κ2) is 10.7. The summed E-state index contributed by atoms with van der Waals surface area (Å²) in [7, 11) is 0. The molecule has 7 heteroatoms. The third-order valence-electron chi connectivity index (χ3n) is 4.34. The molecule has 5 nitrogen and oxygen atoms in total. The van der Waals surface area contributed by atoms with Crippen molar-refractivity contribution >= 4 is 23.2 Å². The molecular formula is C22H26Cl2N4O. The van der Waals surface area contributed by atoms with Crippen LogP contribution in [-0.4, -0.2) is 34.2 Å². The quantitative estimate of drug-likeness (QED) is 0.447. The number of halogens is 2. The number of nitrogens with one attached hydrogen (secondary N) is 1. The van der Waals surface area contributed by atoms with E-state index in [0.717, 1.165) is 42.1 Å². The molecule has 0 fully saturated rings. The van der Waals surface area contributed by atoms with E-state index in [9.17, 15) is 0 Å². The summed E-state index contributed by atoms with van der Waals surface area (Å²) >= 11 is 12.3. The molecule has 0 radical (unpaired) electrons. The molecule has 3 rings (SSSR count). The predicted octanol–water partition coefficient (Wildman–Crippen LogP) is 5.20. The molecule has 0 saturated carbocycles. The minimum absolute atomic E-state index is 0.263. The number of aromatic nitrogens is 3. The summed E-state index contributed by atoms with van der Waals surface area (Å²) in [5.74, 6) is 0. The normalized spacial score (nSPS) is 11.3. The Morgan fingerprint density at radius 3 is 2.59 bits per heavy atom. The smallest absolute Gasteiger partial charge is 0.117 e. The van der Waals surface area contributed by atoms with Crippen LogP contribution < -0.4 is 5.32 Å². The van der Waals surface area contributed by atoms with Crippen LogP contribution in [0.4, 0.5) is 0 Å². The minimum atomic E-state index is 0.263. The Balaban J connectivity index is 1.72. The van der Waals surface area contributed by atoms with Gasteiger partial charge in [0.05, 0.1) is 12.6 Å². The maximum atomic E-state index is 6.32. The fourth-order valence-corrected chi connectivity index (χ4v) is 3.39. The SMILES string of the molecule is CC(C)OCCCNCc1nn(Cc2ccc(Cl)cc2Cl)nc1-c1ccccc1. The van der Waals surface area contributed by atoms with Gasteiger partial charge in [0.2, 0.25) is 0 Å². The molecule has 3 aromatic rings. The van der Waals surface area contributed by atoms with Crippen LogP contribution in [0.2, 0.25) is 10.0 Å². The number of hydrogen-bond donors (Lipinski definition) is 1. The lowest BCUT2D eigenvalue weighted by molar-refractivity contribution is 0.0770. The van der Waals surface area contributed by atoms with Gasteiger partial charge in [-0.15, -0.1) is 0 Å². The fourth-order valence-electron chi connectivity index (χ4n) is 2.92. The fraction of sp³-hybridized carbons (Fsp3) is 0.364. The van der Waals surface area contributed by atoms with E-state index >= 15 is 0 Å². The average molecular weight is 433 g/mol. The van der Waals surface area contributed by atoms with E-state index in [1.807, 2.05) is 56.3 Å². The molecular weight excluding hydrogens is 407 g/mol. The lowest BCUT2D eigenvalue weighted by atomic mass is 10.1. The third-order valence-corrected chi connectivity index (χ3v) is 4.93. The van der Waals surface area contributed by atoms with Crippen LogP contribution >= 0.6 is 23.2 Å². The first-order valence-corrected chi connectivity index (χ1v) is 10.5. The number of benzene rings is 2. The van der Waals surface area contributed by atoms with Crippen molar-refractivity contribution in [2.45, 2.75) is 39.5 Å². The van der Waals surface area contributed by atoms with Gasteiger partial charge in [-0.2, -0.15) is 15.0 Å². The van der Waals surface area contributed by atoms with Crippen molar-refractivity contribution in [3.8, 4) is 11.3 Å². The van der Waals surface area contributed by atoms with Crippen LogP contribution in [0.3, 0.4) is 0 Å². The number of nitrogens with zero attached hydrogens (tertiary/aromatic N) is 3. The van der Waals surface area contributed by atoms with Crippen LogP contribution in [0.25, 0.3) is 11.3 Å². The van der Waals surface area contributed by atoms with Crippen molar-refractivity contribution in [3.63, 3.8) is 0 Å². The zero-order valence-corrected chi connectivity index (χ0v) is 18.2.